The quantitative estimate of drug-likeness (QED) is 0.156. The first-order valence-electron chi connectivity index (χ1n) is 42.5. The third-order valence-electron chi connectivity index (χ3n) is 19.0. The predicted octanol–water partition coefficient (Wildman–Crippen LogP) is 24.2. The Balaban J connectivity index is 0.000000178. The van der Waals surface area contributed by atoms with E-state index in [9.17, 15) is 0 Å². The van der Waals surface area contributed by atoms with E-state index >= 15 is 0 Å². The van der Waals surface area contributed by atoms with Gasteiger partial charge in [0.15, 0.2) is 0 Å². The first kappa shape index (κ1) is 65.9. The molecule has 0 spiro atoms. The number of nitrogens with zero attached hydrogens (tertiary/aromatic N) is 4. The van der Waals surface area contributed by atoms with E-state index in [1.807, 2.05) is 92.7 Å². The van der Waals surface area contributed by atoms with Crippen LogP contribution in [0, 0.1) is 140 Å². The Hall–Kier alpha value is -11.8. The van der Waals surface area contributed by atoms with Crippen LogP contribution in [0.3, 0.4) is 0 Å². The summed E-state index contributed by atoms with van der Waals surface area (Å²) in [6.07, 6.45) is 20.7. The van der Waals surface area contributed by atoms with Crippen LogP contribution in [0.5, 0.6) is 0 Å². The topological polar surface area (TPSA) is 17.4 Å². The number of benzene rings is 8. The van der Waals surface area contributed by atoms with Gasteiger partial charge in [0, 0.05) is 80.5 Å². The van der Waals surface area contributed by atoms with Crippen LogP contribution in [0.25, 0.3) is 19.4 Å². The van der Waals surface area contributed by atoms with Gasteiger partial charge in [-0.05, 0) is 259 Å². The molecule has 107 heavy (non-hydrogen) atoms. The second-order valence-corrected chi connectivity index (χ2v) is 26.7. The molecule has 0 radical (unpaired) electrons. The van der Waals surface area contributed by atoms with Gasteiger partial charge >= 0.3 is 24.3 Å². The highest BCUT2D eigenvalue weighted by atomic mass is 14.6. The molecule has 8 aromatic carbocycles. The summed E-state index contributed by atoms with van der Waals surface area (Å²) in [5, 5.41) is 0. The van der Waals surface area contributed by atoms with Gasteiger partial charge < -0.3 is 0 Å². The maximum Gasteiger partial charge on any atom is 0.311 e. The molecule has 8 aromatic rings. The minimum Gasteiger partial charge on any atom is -0.101 e. The fourth-order valence-electron chi connectivity index (χ4n) is 13.6. The molecule has 4 nitrogen and oxygen atoms in total. The van der Waals surface area contributed by atoms with E-state index in [0.717, 1.165) is 197 Å². The molecule has 0 unspecified atom stereocenters. The summed E-state index contributed by atoms with van der Waals surface area (Å²) in [6.45, 7) is 4.83. The Kier molecular flexibility index (Phi) is 26.4. The lowest BCUT2D eigenvalue weighted by molar-refractivity contribution is 0.443. The average Bonchev–Trinajstić information content (AvgIpc) is 0.802. The van der Waals surface area contributed by atoms with E-state index in [1.165, 1.54) is 25.7 Å². The summed E-state index contributed by atoms with van der Waals surface area (Å²) < 4.78 is 81.8. The molecule has 0 aromatic heterocycles. The van der Waals surface area contributed by atoms with Gasteiger partial charge in [0.1, 0.15) is 22.3 Å². The van der Waals surface area contributed by atoms with E-state index < -0.39 is 37.3 Å². The van der Waals surface area contributed by atoms with Crippen LogP contribution in [0.1, 0.15) is 321 Å². The standard InChI is InChI=1S/3C26H26N.C25H24N/c1-4-8-21-12-11-20(2)17-24(21)15-13-23-14-16-25(18-26(23)19-27-3)22-9-6-5-7-10-22;1-4-8-21-13-14-25(22-9-6-5-7-10-22)18-24(21)16-15-23-17-20(2)11-12-26(23)19-27-3;1-4-8-21-12-11-20(2)17-23(21)13-14-25-18-24(15-16-26(25)19-27-3)22-9-6-5-7-10-22;1-3-9-23-18-24(20-10-5-4-6-11-20)17-16-22(23)15-14-21-12-7-8-13-25(21)19-26-2/h11-12,14,16-18,22H,5-7,9-10H2,1-3H3;11-14,17-18,22H,5-7,9-10H2,1-3H3;11-12,15-18,22H,5-7,9-10H2,1-3H3;7-8,12-13,16-18,20H,4-6,10-11H2,1-2H3/q4*+1/i22D;2*2D3,22D;20D. The largest absolute Gasteiger partial charge is 0.311 e. The lowest BCUT2D eigenvalue weighted by atomic mass is 9.83. The Bertz CT molecular complexity index is 5620. The monoisotopic (exact) mass is 1400 g/mol. The van der Waals surface area contributed by atoms with Crippen molar-refractivity contribution in [1.82, 2.24) is 0 Å². The molecule has 0 N–H and O–H groups in total. The Morgan fingerprint density at radius 2 is 0.477 bits per heavy atom. The van der Waals surface area contributed by atoms with Crippen molar-refractivity contribution >= 4 is 0 Å². The van der Waals surface area contributed by atoms with Crippen molar-refractivity contribution in [2.24, 2.45) is 0 Å². The predicted molar refractivity (Wildman–Crippen MR) is 452 cm³/mol. The molecule has 4 saturated carbocycles. The maximum atomic E-state index is 8.94. The highest BCUT2D eigenvalue weighted by Crippen LogP contribution is 2.37. The SMILES string of the molecule is [2H]C([2H])([2H])c1ccc(C#CC)c(C#Cc2cc(C3([2H])CCCCC3)ccc2C#[N+]C)c1.[2H]C([2H])([2H])c1ccc(C#[N+]C)c(C#Cc2cc(C3([2H])CCCCC3)ccc2C#CC)c1.[2H]C1(c2ccc(C#Cc3cc(C)ccc3C#CC)c(C#[N+]C)c2)CCCCC1.[2H]C1(c2ccc(C#Cc3ccccc3C#[N+]C)c(C#CC)c2)CCCCC1. The van der Waals surface area contributed by atoms with Crippen LogP contribution < -0.4 is 0 Å². The van der Waals surface area contributed by atoms with Gasteiger partial charge in [0.2, 0.25) is 0 Å². The highest BCUT2D eigenvalue weighted by Gasteiger charge is 2.21. The fraction of sp³-hybridized carbons (Fsp3) is 0.340. The molecule has 0 heterocycles. The molecular formula is C103H102N4+4. The van der Waals surface area contributed by atoms with Crippen molar-refractivity contribution in [2.45, 2.75) is 200 Å². The smallest absolute Gasteiger partial charge is 0.101 e. The third kappa shape index (κ3) is 24.1. The van der Waals surface area contributed by atoms with Crippen LogP contribution in [0.2, 0.25) is 0 Å². The number of hydrogen-bond acceptors (Lipinski definition) is 0. The molecule has 4 fully saturated rings. The molecule has 0 aliphatic heterocycles. The van der Waals surface area contributed by atoms with Gasteiger partial charge in [-0.25, -0.2) is 0 Å². The first-order valence-corrected chi connectivity index (χ1v) is 37.5. The highest BCUT2D eigenvalue weighted by molar-refractivity contribution is 5.62. The second kappa shape index (κ2) is 42.8. The third-order valence-corrected chi connectivity index (χ3v) is 19.0. The van der Waals surface area contributed by atoms with Gasteiger partial charge in [0.25, 0.3) is 28.2 Å². The van der Waals surface area contributed by atoms with Crippen LogP contribution in [-0.4, -0.2) is 28.2 Å². The van der Waals surface area contributed by atoms with Gasteiger partial charge in [-0.2, -0.15) is 0 Å². The van der Waals surface area contributed by atoms with Crippen molar-refractivity contribution < 1.29 is 13.7 Å². The Morgan fingerprint density at radius 1 is 0.252 bits per heavy atom. The molecule has 0 bridgehead atoms. The first-order chi connectivity index (χ1) is 56.2. The molecule has 4 heteroatoms. The van der Waals surface area contributed by atoms with Crippen LogP contribution >= 0.6 is 0 Å². The maximum absolute atomic E-state index is 8.94. The van der Waals surface area contributed by atoms with Gasteiger partial charge in [0.05, 0.1) is 0 Å². The minimum atomic E-state index is -2.21. The molecule has 4 aliphatic rings. The Labute approximate surface area is 656 Å². The zero-order valence-electron chi connectivity index (χ0n) is 73.9. The summed E-state index contributed by atoms with van der Waals surface area (Å²) in [7, 11) is 6.70. The second-order valence-electron chi connectivity index (χ2n) is 26.7. The molecule has 0 amide bonds. The zero-order chi connectivity index (χ0) is 84.1. The fourth-order valence-corrected chi connectivity index (χ4v) is 13.6. The van der Waals surface area contributed by atoms with Gasteiger partial charge in [-0.3, -0.25) is 0 Å². The van der Waals surface area contributed by atoms with Gasteiger partial charge in [-0.1, -0.05) is 222 Å². The molecular weight excluding hydrogens is 1290 g/mol. The summed E-state index contributed by atoms with van der Waals surface area (Å²) in [5.41, 5.74) is 18.4. The van der Waals surface area contributed by atoms with E-state index in [1.54, 1.807) is 78.4 Å². The van der Waals surface area contributed by atoms with E-state index in [-0.39, 0.29) is 11.1 Å². The summed E-state index contributed by atoms with van der Waals surface area (Å²) in [5.74, 6) is 47.7. The lowest BCUT2D eigenvalue weighted by Crippen LogP contribution is -2.05. The molecule has 0 atom stereocenters. The van der Waals surface area contributed by atoms with Crippen molar-refractivity contribution in [3.63, 3.8) is 0 Å². The average molecular weight is 1410 g/mol. The van der Waals surface area contributed by atoms with Crippen molar-refractivity contribution in [3.05, 3.63) is 299 Å². The van der Waals surface area contributed by atoms with Crippen LogP contribution in [0.4, 0.5) is 0 Å². The summed E-state index contributed by atoms with van der Waals surface area (Å²) >= 11 is 0. The van der Waals surface area contributed by atoms with E-state index in [4.69, 9.17) is 13.7 Å². The summed E-state index contributed by atoms with van der Waals surface area (Å²) in [4.78, 5) is 16.0. The van der Waals surface area contributed by atoms with Crippen LogP contribution in [-0.2, 0) is 0 Å². The van der Waals surface area contributed by atoms with Crippen molar-refractivity contribution in [2.75, 3.05) is 28.2 Å². The molecule has 530 valence electrons. The zero-order valence-corrected chi connectivity index (χ0v) is 63.9. The normalized spacial score (nSPS) is 16.2. The number of aryl methyl sites for hydroxylation is 3. The Morgan fingerprint density at radius 3 is 0.841 bits per heavy atom. The number of rotatable bonds is 4. The lowest BCUT2D eigenvalue weighted by Gasteiger charge is -2.22. The van der Waals surface area contributed by atoms with Crippen molar-refractivity contribution in [1.29, 1.82) is 0 Å². The van der Waals surface area contributed by atoms with Crippen molar-refractivity contribution in [3.8, 4) is 119 Å². The van der Waals surface area contributed by atoms with E-state index in [0.29, 0.717) is 22.3 Å². The number of hydrogen-bond donors (Lipinski definition) is 0. The minimum absolute atomic E-state index is 0.230. The van der Waals surface area contributed by atoms with Gasteiger partial charge in [-0.15, -0.1) is 23.7 Å². The summed E-state index contributed by atoms with van der Waals surface area (Å²) in [6, 6.07) is 59.7. The van der Waals surface area contributed by atoms with E-state index in [2.05, 4.69) is 182 Å². The molecule has 0 saturated heterocycles. The molecule has 12 rings (SSSR count). The van der Waals surface area contributed by atoms with Crippen LogP contribution in [0.15, 0.2) is 152 Å². The molecule has 4 aliphatic carbocycles.